The van der Waals surface area contributed by atoms with Gasteiger partial charge in [0.15, 0.2) is 0 Å². The van der Waals surface area contributed by atoms with E-state index in [1.807, 2.05) is 0 Å². The van der Waals surface area contributed by atoms with Gasteiger partial charge in [-0.25, -0.2) is 8.78 Å². The number of amides is 2. The zero-order chi connectivity index (χ0) is 16.9. The Kier molecular flexibility index (Phi) is 3.56. The lowest BCUT2D eigenvalue weighted by Crippen LogP contribution is -2.62. The molecule has 2 N–H and O–H groups in total. The van der Waals surface area contributed by atoms with Crippen molar-refractivity contribution < 1.29 is 18.4 Å². The quantitative estimate of drug-likeness (QED) is 0.872. The van der Waals surface area contributed by atoms with Crippen molar-refractivity contribution in [3.8, 4) is 0 Å². The van der Waals surface area contributed by atoms with E-state index in [9.17, 15) is 18.4 Å². The van der Waals surface area contributed by atoms with Crippen LogP contribution in [0.3, 0.4) is 0 Å². The molecule has 4 fully saturated rings. The van der Waals surface area contributed by atoms with Crippen molar-refractivity contribution in [2.75, 3.05) is 24.5 Å². The Morgan fingerprint density at radius 3 is 2.62 bits per heavy atom. The van der Waals surface area contributed by atoms with Gasteiger partial charge in [0, 0.05) is 19.5 Å². The summed E-state index contributed by atoms with van der Waals surface area (Å²) in [6.45, 7) is 1.70. The van der Waals surface area contributed by atoms with Crippen LogP contribution >= 0.6 is 0 Å². The van der Waals surface area contributed by atoms with Gasteiger partial charge in [-0.05, 0) is 37.4 Å². The lowest BCUT2D eigenvalue weighted by atomic mass is 9.59. The summed E-state index contributed by atoms with van der Waals surface area (Å²) < 4.78 is 27.8. The number of fused-ring (bicyclic) bond motifs is 2. The number of rotatable bonds is 3. The number of piperidine rings is 2. The number of para-hydroxylation sites is 1. The molecular formula is C17H19F2N3O2. The Labute approximate surface area is 138 Å². The number of nitrogens with one attached hydrogen (secondary N) is 2. The van der Waals surface area contributed by atoms with E-state index in [4.69, 9.17) is 0 Å². The summed E-state index contributed by atoms with van der Waals surface area (Å²) in [6.07, 6.45) is 1.81. The molecule has 1 unspecified atom stereocenters. The van der Waals surface area contributed by atoms with Gasteiger partial charge >= 0.3 is 0 Å². The first kappa shape index (κ1) is 15.5. The van der Waals surface area contributed by atoms with Gasteiger partial charge in [0.25, 0.3) is 0 Å². The minimum atomic E-state index is -0.771. The van der Waals surface area contributed by atoms with Gasteiger partial charge in [0.2, 0.25) is 11.8 Å². The maximum atomic E-state index is 13.9. The second kappa shape index (κ2) is 5.51. The molecule has 1 saturated carbocycles. The number of anilines is 1. The molecule has 3 aliphatic heterocycles. The minimum Gasteiger partial charge on any atom is -0.351 e. The molecule has 4 aliphatic rings. The first-order chi connectivity index (χ1) is 11.5. The highest BCUT2D eigenvalue weighted by Gasteiger charge is 2.53. The van der Waals surface area contributed by atoms with E-state index in [0.29, 0.717) is 12.5 Å². The molecule has 1 aliphatic carbocycles. The van der Waals surface area contributed by atoms with Gasteiger partial charge < -0.3 is 15.5 Å². The molecule has 3 heterocycles. The monoisotopic (exact) mass is 335 g/mol. The fourth-order valence-electron chi connectivity index (χ4n) is 4.22. The molecule has 2 bridgehead atoms. The minimum absolute atomic E-state index is 0.0559. The number of carbonyl (C=O) groups is 2. The summed E-state index contributed by atoms with van der Waals surface area (Å²) in [4.78, 5) is 25.8. The van der Waals surface area contributed by atoms with E-state index in [1.165, 1.54) is 6.07 Å². The van der Waals surface area contributed by atoms with E-state index < -0.39 is 17.7 Å². The van der Waals surface area contributed by atoms with Crippen molar-refractivity contribution in [1.82, 2.24) is 10.6 Å². The molecule has 0 aromatic heterocycles. The molecule has 128 valence electrons. The zero-order valence-electron chi connectivity index (χ0n) is 13.1. The van der Waals surface area contributed by atoms with Crippen LogP contribution in [0.25, 0.3) is 0 Å². The van der Waals surface area contributed by atoms with Crippen molar-refractivity contribution >= 4 is 17.5 Å². The first-order valence-electron chi connectivity index (χ1n) is 8.24. The predicted molar refractivity (Wildman–Crippen MR) is 83.3 cm³/mol. The van der Waals surface area contributed by atoms with E-state index in [2.05, 4.69) is 10.6 Å². The topological polar surface area (TPSA) is 61.4 Å². The summed E-state index contributed by atoms with van der Waals surface area (Å²) in [6, 6.07) is 3.09. The maximum absolute atomic E-state index is 13.9. The second-order valence-electron chi connectivity index (χ2n) is 7.13. The molecule has 24 heavy (non-hydrogen) atoms. The molecule has 1 atom stereocenters. The Balaban J connectivity index is 1.46. The standard InChI is InChI=1S/C17H19F2N3O2/c18-12-2-1-3-13(19)15(12)22-8-11(4-14(22)23)21-16(24)17-5-10(6-17)7-20-9-17/h1-3,10-11,20H,4-9H2,(H,21,24). The smallest absolute Gasteiger partial charge is 0.229 e. The van der Waals surface area contributed by atoms with E-state index in [1.54, 1.807) is 0 Å². The number of halogens is 2. The Morgan fingerprint density at radius 1 is 1.29 bits per heavy atom. The van der Waals surface area contributed by atoms with Crippen LogP contribution in [0.4, 0.5) is 14.5 Å². The molecule has 5 rings (SSSR count). The van der Waals surface area contributed by atoms with Crippen LogP contribution in [-0.4, -0.2) is 37.5 Å². The molecular weight excluding hydrogens is 316 g/mol. The van der Waals surface area contributed by atoms with Crippen molar-refractivity contribution in [3.05, 3.63) is 29.8 Å². The zero-order valence-corrected chi connectivity index (χ0v) is 13.1. The third-order valence-electron chi connectivity index (χ3n) is 5.40. The molecule has 7 heteroatoms. The van der Waals surface area contributed by atoms with E-state index >= 15 is 0 Å². The largest absolute Gasteiger partial charge is 0.351 e. The second-order valence-corrected chi connectivity index (χ2v) is 7.13. The SMILES string of the molecule is O=C1CC(NC(=O)C23CNCC(C2)C3)CN1c1c(F)cccc1F. The van der Waals surface area contributed by atoms with Crippen molar-refractivity contribution in [3.63, 3.8) is 0 Å². The van der Waals surface area contributed by atoms with Crippen LogP contribution in [-0.2, 0) is 9.59 Å². The Bertz CT molecular complexity index is 677. The summed E-state index contributed by atoms with van der Waals surface area (Å²) in [5, 5.41) is 6.16. The van der Waals surface area contributed by atoms with Crippen LogP contribution in [0.15, 0.2) is 18.2 Å². The van der Waals surface area contributed by atoms with Gasteiger partial charge in [-0.15, -0.1) is 0 Å². The molecule has 3 saturated heterocycles. The van der Waals surface area contributed by atoms with Crippen molar-refractivity contribution in [2.24, 2.45) is 11.3 Å². The van der Waals surface area contributed by atoms with Crippen LogP contribution in [0.2, 0.25) is 0 Å². The Hall–Kier alpha value is -2.02. The average Bonchev–Trinajstić information content (AvgIpc) is 2.87. The van der Waals surface area contributed by atoms with Crippen molar-refractivity contribution in [2.45, 2.75) is 25.3 Å². The lowest BCUT2D eigenvalue weighted by molar-refractivity contribution is -0.142. The van der Waals surface area contributed by atoms with Gasteiger partial charge in [0.1, 0.15) is 17.3 Å². The van der Waals surface area contributed by atoms with Crippen LogP contribution in [0.1, 0.15) is 19.3 Å². The highest BCUT2D eigenvalue weighted by molar-refractivity contribution is 5.97. The first-order valence-corrected chi connectivity index (χ1v) is 8.24. The van der Waals surface area contributed by atoms with Crippen LogP contribution in [0.5, 0.6) is 0 Å². The maximum Gasteiger partial charge on any atom is 0.229 e. The fraction of sp³-hybridized carbons (Fsp3) is 0.529. The van der Waals surface area contributed by atoms with Crippen LogP contribution in [0, 0.1) is 23.0 Å². The normalized spacial score (nSPS) is 31.8. The van der Waals surface area contributed by atoms with Crippen molar-refractivity contribution in [1.29, 1.82) is 0 Å². The third kappa shape index (κ3) is 2.38. The average molecular weight is 335 g/mol. The van der Waals surface area contributed by atoms with Gasteiger partial charge in [-0.1, -0.05) is 6.07 Å². The highest BCUT2D eigenvalue weighted by atomic mass is 19.1. The molecule has 1 aromatic carbocycles. The molecule has 0 radical (unpaired) electrons. The van der Waals surface area contributed by atoms with Gasteiger partial charge in [-0.3, -0.25) is 9.59 Å². The van der Waals surface area contributed by atoms with Gasteiger partial charge in [0.05, 0.1) is 11.5 Å². The summed E-state index contributed by atoms with van der Waals surface area (Å²) >= 11 is 0. The Morgan fingerprint density at radius 2 is 2.00 bits per heavy atom. The predicted octanol–water partition coefficient (Wildman–Crippen LogP) is 1.19. The number of nitrogens with zero attached hydrogens (tertiary/aromatic N) is 1. The molecule has 0 spiro atoms. The fourth-order valence-corrected chi connectivity index (χ4v) is 4.22. The van der Waals surface area contributed by atoms with Crippen LogP contribution < -0.4 is 15.5 Å². The van der Waals surface area contributed by atoms with Gasteiger partial charge in [-0.2, -0.15) is 0 Å². The van der Waals surface area contributed by atoms with E-state index in [0.717, 1.165) is 36.4 Å². The highest BCUT2D eigenvalue weighted by Crippen LogP contribution is 2.48. The summed E-state index contributed by atoms with van der Waals surface area (Å²) in [5.74, 6) is -1.42. The molecule has 1 aromatic rings. The molecule has 2 amide bonds. The number of carbonyl (C=O) groups excluding carboxylic acids is 2. The number of hydrogen-bond acceptors (Lipinski definition) is 3. The summed E-state index contributed by atoms with van der Waals surface area (Å²) in [7, 11) is 0. The molecule has 5 nitrogen and oxygen atoms in total. The number of benzene rings is 1. The van der Waals surface area contributed by atoms with E-state index in [-0.39, 0.29) is 35.9 Å². The number of hydrogen-bond donors (Lipinski definition) is 2. The lowest BCUT2D eigenvalue weighted by Gasteiger charge is -2.51. The summed E-state index contributed by atoms with van der Waals surface area (Å²) in [5.41, 5.74) is -0.705. The third-order valence-corrected chi connectivity index (χ3v) is 5.40.